The summed E-state index contributed by atoms with van der Waals surface area (Å²) in [6.07, 6.45) is 10.7. The number of ether oxygens (including phenoxy) is 3. The summed E-state index contributed by atoms with van der Waals surface area (Å²) in [6.45, 7) is 6.12. The van der Waals surface area contributed by atoms with Crippen molar-refractivity contribution in [1.82, 2.24) is 19.9 Å². The highest BCUT2D eigenvalue weighted by Crippen LogP contribution is 2.49. The first-order valence-corrected chi connectivity index (χ1v) is 18.2. The lowest BCUT2D eigenvalue weighted by Crippen LogP contribution is -2.69. The van der Waals surface area contributed by atoms with Gasteiger partial charge in [-0.3, -0.25) is 19.1 Å². The largest absolute Gasteiger partial charge is 0.493 e. The summed E-state index contributed by atoms with van der Waals surface area (Å²) in [5.74, 6) is 0.364. The fraction of sp³-hybridized carbons (Fsp3) is 0.600. The van der Waals surface area contributed by atoms with Crippen molar-refractivity contribution in [3.8, 4) is 17.4 Å². The molecule has 3 fully saturated rings. The van der Waals surface area contributed by atoms with Gasteiger partial charge in [-0.05, 0) is 83.4 Å². The number of pyridine rings is 1. The summed E-state index contributed by atoms with van der Waals surface area (Å²) in [5, 5.41) is 4.18. The lowest BCUT2D eigenvalue weighted by atomic mass is 10.1. The lowest BCUT2D eigenvalue weighted by molar-refractivity contribution is -0.407. The maximum atomic E-state index is 14.2. The zero-order chi connectivity index (χ0) is 34.2. The van der Waals surface area contributed by atoms with E-state index in [0.717, 1.165) is 38.5 Å². The smallest absolute Gasteiger partial charge is 0.281 e. The van der Waals surface area contributed by atoms with Crippen molar-refractivity contribution < 1.29 is 34.3 Å². The number of nitrogens with zero attached hydrogens (tertiary/aromatic N) is 2. The number of halogens is 1. The van der Waals surface area contributed by atoms with Gasteiger partial charge in [0, 0.05) is 35.0 Å². The Hall–Kier alpha value is -3.22. The predicted octanol–water partition coefficient (Wildman–Crippen LogP) is 4.35. The Bertz CT molecular complexity index is 1600. The monoisotopic (exact) mass is 700 g/mol. The van der Waals surface area contributed by atoms with E-state index in [-0.39, 0.29) is 47.5 Å². The number of rotatable bonds is 8. The molecule has 260 valence electrons. The molecule has 13 heteroatoms. The van der Waals surface area contributed by atoms with Crippen molar-refractivity contribution >= 4 is 52.2 Å². The second kappa shape index (κ2) is 14.0. The summed E-state index contributed by atoms with van der Waals surface area (Å²) in [5.41, 5.74) is 3.62. The topological polar surface area (TPSA) is 147 Å². The van der Waals surface area contributed by atoms with Crippen LogP contribution >= 0.6 is 23.5 Å². The number of hydrogen-bond acceptors (Lipinski definition) is 8. The van der Waals surface area contributed by atoms with Crippen molar-refractivity contribution in [3.63, 3.8) is 0 Å². The molecule has 2 saturated carbocycles. The van der Waals surface area contributed by atoms with Crippen LogP contribution in [0.25, 0.3) is 10.9 Å². The van der Waals surface area contributed by atoms with Gasteiger partial charge < -0.3 is 30.2 Å². The molecule has 1 saturated heterocycles. The molecular weight excluding hydrogens is 654 g/mol. The van der Waals surface area contributed by atoms with Crippen LogP contribution in [0.5, 0.6) is 17.4 Å². The molecule has 0 unspecified atom stereocenters. The first kappa shape index (κ1) is 34.6. The van der Waals surface area contributed by atoms with Gasteiger partial charge in [-0.25, -0.2) is 4.98 Å². The Labute approximate surface area is 291 Å². The van der Waals surface area contributed by atoms with Crippen LogP contribution in [-0.2, 0) is 14.4 Å². The molecule has 1 aromatic heterocycles. The normalized spacial score (nSPS) is 29.2. The fourth-order valence-electron chi connectivity index (χ4n) is 6.61. The number of amides is 3. The zero-order valence-corrected chi connectivity index (χ0v) is 29.8. The van der Waals surface area contributed by atoms with Crippen molar-refractivity contribution in [1.29, 1.82) is 0 Å². The van der Waals surface area contributed by atoms with Gasteiger partial charge in [-0.1, -0.05) is 30.2 Å². The number of quaternary nitrogens is 1. The first-order chi connectivity index (χ1) is 22.9. The molecule has 11 nitrogen and oxygen atoms in total. The van der Waals surface area contributed by atoms with E-state index in [1.165, 1.54) is 19.1 Å². The maximum Gasteiger partial charge on any atom is 0.281 e. The van der Waals surface area contributed by atoms with Crippen LogP contribution in [0.3, 0.4) is 0 Å². The number of benzene rings is 1. The van der Waals surface area contributed by atoms with E-state index >= 15 is 0 Å². The van der Waals surface area contributed by atoms with Gasteiger partial charge in [-0.2, -0.15) is 0 Å². The Kier molecular flexibility index (Phi) is 10.1. The Morgan fingerprint density at radius 2 is 2.02 bits per heavy atom. The number of fused-ring (bicyclic) bond motifs is 3. The SMILES string of the molecule is COc1c(Cl)ccc2c(O[C@@H]3C[C@H]4C(=O)N[C@]5(C(=O)NSC6(C)CC6)C[C@H]5/C=C\CCCCC[C@H]([NH3+])C(=O)N4C3)cc(OC(C)C)nc12. The van der Waals surface area contributed by atoms with E-state index in [9.17, 15) is 14.4 Å². The van der Waals surface area contributed by atoms with Crippen LogP contribution in [0.4, 0.5) is 0 Å². The zero-order valence-electron chi connectivity index (χ0n) is 28.2. The highest BCUT2D eigenvalue weighted by Gasteiger charge is 2.61. The first-order valence-electron chi connectivity index (χ1n) is 17.0. The summed E-state index contributed by atoms with van der Waals surface area (Å²) in [4.78, 5) is 48.0. The summed E-state index contributed by atoms with van der Waals surface area (Å²) >= 11 is 7.88. The minimum absolute atomic E-state index is 0.0469. The molecule has 2 aromatic rings. The Morgan fingerprint density at radius 1 is 1.23 bits per heavy atom. The molecule has 0 radical (unpaired) electrons. The molecule has 1 aromatic carbocycles. The highest BCUT2D eigenvalue weighted by molar-refractivity contribution is 7.99. The molecule has 5 atom stereocenters. The van der Waals surface area contributed by atoms with E-state index in [1.807, 2.05) is 19.9 Å². The minimum atomic E-state index is -1.05. The molecule has 4 aliphatic rings. The Morgan fingerprint density at radius 3 is 2.75 bits per heavy atom. The van der Waals surface area contributed by atoms with Crippen molar-refractivity contribution in [2.75, 3.05) is 13.7 Å². The van der Waals surface area contributed by atoms with Gasteiger partial charge in [0.2, 0.25) is 11.8 Å². The summed E-state index contributed by atoms with van der Waals surface area (Å²) in [6, 6.07) is 3.92. The summed E-state index contributed by atoms with van der Waals surface area (Å²) in [7, 11) is 1.53. The quantitative estimate of drug-likeness (QED) is 0.272. The van der Waals surface area contributed by atoms with Gasteiger partial charge in [0.15, 0.2) is 11.8 Å². The molecule has 3 amide bonds. The maximum absolute atomic E-state index is 14.2. The van der Waals surface area contributed by atoms with Crippen LogP contribution in [0, 0.1) is 5.92 Å². The number of carbonyl (C=O) groups is 3. The lowest BCUT2D eigenvalue weighted by Gasteiger charge is -2.27. The van der Waals surface area contributed by atoms with Crippen molar-refractivity contribution in [3.05, 3.63) is 35.4 Å². The Balaban J connectivity index is 1.29. The van der Waals surface area contributed by atoms with Crippen LogP contribution in [0.1, 0.15) is 78.6 Å². The van der Waals surface area contributed by atoms with Crippen LogP contribution in [0.15, 0.2) is 30.4 Å². The molecular formula is C35H47ClN5O6S+. The number of methoxy groups -OCH3 is 1. The number of hydrogen-bond donors (Lipinski definition) is 3. The molecule has 0 spiro atoms. The van der Waals surface area contributed by atoms with Crippen molar-refractivity contribution in [2.45, 2.75) is 113 Å². The number of nitrogens with one attached hydrogen (secondary N) is 2. The molecule has 6 rings (SSSR count). The van der Waals surface area contributed by atoms with E-state index in [0.29, 0.717) is 46.1 Å². The van der Waals surface area contributed by atoms with Crippen molar-refractivity contribution in [2.24, 2.45) is 5.92 Å². The van der Waals surface area contributed by atoms with E-state index < -0.39 is 23.7 Å². The minimum Gasteiger partial charge on any atom is -0.493 e. The summed E-state index contributed by atoms with van der Waals surface area (Å²) < 4.78 is 21.2. The fourth-order valence-corrected chi connectivity index (χ4v) is 7.67. The molecule has 5 N–H and O–H groups in total. The average Bonchev–Trinajstić information content (AvgIpc) is 3.91. The second-order valence-electron chi connectivity index (χ2n) is 14.1. The van der Waals surface area contributed by atoms with Crippen LogP contribution in [0.2, 0.25) is 5.02 Å². The van der Waals surface area contributed by atoms with Gasteiger partial charge in [0.1, 0.15) is 29.0 Å². The molecule has 2 aliphatic heterocycles. The third-order valence-electron chi connectivity index (χ3n) is 9.78. The van der Waals surface area contributed by atoms with E-state index in [2.05, 4.69) is 39.8 Å². The van der Waals surface area contributed by atoms with Crippen LogP contribution in [-0.4, -0.2) is 75.8 Å². The third-order valence-corrected chi connectivity index (χ3v) is 11.3. The predicted molar refractivity (Wildman–Crippen MR) is 185 cm³/mol. The van der Waals surface area contributed by atoms with E-state index in [1.54, 1.807) is 17.0 Å². The average molecular weight is 701 g/mol. The third kappa shape index (κ3) is 7.35. The van der Waals surface area contributed by atoms with E-state index in [4.69, 9.17) is 25.8 Å². The second-order valence-corrected chi connectivity index (χ2v) is 15.9. The number of carbonyl (C=O) groups excluding carboxylic acids is 3. The van der Waals surface area contributed by atoms with Gasteiger partial charge >= 0.3 is 0 Å². The number of allylic oxidation sites excluding steroid dienone is 1. The standard InChI is InChI=1S/C35H46ClN5O6S/c1-20(2)46-28-17-27(23-12-13-24(36)30(45-4)29(23)38-28)47-22-16-26-31(42)39-35(33(44)40-48-34(3)14-15-34)18-21(35)10-8-6-5-7-9-11-25(37)32(43)41(26)19-22/h8,10,12-13,17,20-22,25-26H,5-7,9,11,14-16,18-19,37H2,1-4H3,(H,39,42)(H,40,44)/p+1/b10-8-/t21-,22-,25+,26+,35-/m1/s1. The molecule has 2 aliphatic carbocycles. The molecule has 0 bridgehead atoms. The number of aromatic nitrogens is 1. The molecule has 3 heterocycles. The van der Waals surface area contributed by atoms with Crippen LogP contribution < -0.4 is 30.0 Å². The van der Waals surface area contributed by atoms with Gasteiger partial charge in [0.25, 0.3) is 11.8 Å². The van der Waals surface area contributed by atoms with Gasteiger partial charge in [-0.15, -0.1) is 0 Å². The van der Waals surface area contributed by atoms with Gasteiger partial charge in [0.05, 0.1) is 24.8 Å². The highest BCUT2D eigenvalue weighted by atomic mass is 35.5. The molecule has 48 heavy (non-hydrogen) atoms.